The summed E-state index contributed by atoms with van der Waals surface area (Å²) in [5.41, 5.74) is 1.73. The van der Waals surface area contributed by atoms with Crippen LogP contribution in [0.2, 0.25) is 0 Å². The second-order valence-corrected chi connectivity index (χ2v) is 5.36. The lowest BCUT2D eigenvalue weighted by atomic mass is 10.1. The molecular weight excluding hydrogens is 320 g/mol. The third-order valence-electron chi connectivity index (χ3n) is 3.63. The van der Waals surface area contributed by atoms with Crippen LogP contribution in [0.5, 0.6) is 5.75 Å². The smallest absolute Gasteiger partial charge is 0.258 e. The van der Waals surface area contributed by atoms with Gasteiger partial charge in [0.1, 0.15) is 12.1 Å². The fraction of sp³-hybridized carbons (Fsp3) is 0.235. The van der Waals surface area contributed by atoms with Crippen LogP contribution in [0.1, 0.15) is 24.9 Å². The third kappa shape index (κ3) is 4.37. The molecule has 1 amide bonds. The van der Waals surface area contributed by atoms with Gasteiger partial charge in [0.2, 0.25) is 0 Å². The summed E-state index contributed by atoms with van der Waals surface area (Å²) >= 11 is 0. The molecule has 0 saturated heterocycles. The molecule has 0 spiro atoms. The van der Waals surface area contributed by atoms with Gasteiger partial charge in [-0.2, -0.15) is 0 Å². The Morgan fingerprint density at radius 2 is 2.24 bits per heavy atom. The molecule has 0 radical (unpaired) electrons. The summed E-state index contributed by atoms with van der Waals surface area (Å²) in [6.45, 7) is 1.93. The maximum Gasteiger partial charge on any atom is 0.258 e. The van der Waals surface area contributed by atoms with Crippen LogP contribution < -0.4 is 10.1 Å². The zero-order chi connectivity index (χ0) is 17.5. The number of rotatable bonds is 7. The molecule has 128 valence electrons. The summed E-state index contributed by atoms with van der Waals surface area (Å²) in [6, 6.07) is 10.9. The van der Waals surface area contributed by atoms with E-state index in [4.69, 9.17) is 4.74 Å². The van der Waals surface area contributed by atoms with Crippen molar-refractivity contribution < 1.29 is 9.53 Å². The average molecular weight is 338 g/mol. The van der Waals surface area contributed by atoms with Gasteiger partial charge < -0.3 is 10.1 Å². The molecule has 0 aliphatic rings. The lowest BCUT2D eigenvalue weighted by Crippen LogP contribution is -2.32. The zero-order valence-electron chi connectivity index (χ0n) is 13.7. The number of carbonyl (C=O) groups excluding carboxylic acids is 1. The lowest BCUT2D eigenvalue weighted by molar-refractivity contribution is -0.123. The van der Waals surface area contributed by atoms with Crippen molar-refractivity contribution >= 4 is 5.91 Å². The van der Waals surface area contributed by atoms with Crippen LogP contribution in [0, 0.1) is 0 Å². The molecule has 2 aromatic heterocycles. The van der Waals surface area contributed by atoms with Gasteiger partial charge in [-0.3, -0.25) is 9.78 Å². The SMILES string of the molecule is CC[C@H](NC(=O)COc1cccc(-n2cnnn2)c1)c1cccnc1. The van der Waals surface area contributed by atoms with Gasteiger partial charge >= 0.3 is 0 Å². The number of amides is 1. The highest BCUT2D eigenvalue weighted by Crippen LogP contribution is 2.17. The molecule has 1 aromatic carbocycles. The Kier molecular flexibility index (Phi) is 5.30. The van der Waals surface area contributed by atoms with Crippen molar-refractivity contribution in [3.8, 4) is 11.4 Å². The van der Waals surface area contributed by atoms with E-state index in [2.05, 4.69) is 25.8 Å². The number of carbonyl (C=O) groups is 1. The number of aromatic nitrogens is 5. The molecule has 25 heavy (non-hydrogen) atoms. The van der Waals surface area contributed by atoms with E-state index in [-0.39, 0.29) is 18.6 Å². The van der Waals surface area contributed by atoms with Crippen LogP contribution in [0.3, 0.4) is 0 Å². The molecule has 0 aliphatic heterocycles. The molecule has 3 aromatic rings. The Morgan fingerprint density at radius 3 is 2.96 bits per heavy atom. The van der Waals surface area contributed by atoms with Gasteiger partial charge in [-0.1, -0.05) is 19.1 Å². The van der Waals surface area contributed by atoms with Gasteiger partial charge in [-0.25, -0.2) is 4.68 Å². The summed E-state index contributed by atoms with van der Waals surface area (Å²) in [7, 11) is 0. The number of hydrogen-bond donors (Lipinski definition) is 1. The van der Waals surface area contributed by atoms with Gasteiger partial charge in [0, 0.05) is 18.5 Å². The molecule has 0 bridgehead atoms. The monoisotopic (exact) mass is 338 g/mol. The van der Waals surface area contributed by atoms with E-state index >= 15 is 0 Å². The first-order chi connectivity index (χ1) is 12.3. The van der Waals surface area contributed by atoms with Crippen molar-refractivity contribution in [2.45, 2.75) is 19.4 Å². The molecule has 0 unspecified atom stereocenters. The highest BCUT2D eigenvalue weighted by Gasteiger charge is 2.13. The van der Waals surface area contributed by atoms with E-state index in [1.54, 1.807) is 24.5 Å². The summed E-state index contributed by atoms with van der Waals surface area (Å²) in [5, 5.41) is 14.0. The third-order valence-corrected chi connectivity index (χ3v) is 3.63. The molecule has 2 heterocycles. The minimum Gasteiger partial charge on any atom is -0.484 e. The fourth-order valence-corrected chi connectivity index (χ4v) is 2.38. The number of tetrazole rings is 1. The number of nitrogens with one attached hydrogen (secondary N) is 1. The van der Waals surface area contributed by atoms with Gasteiger partial charge in [-0.15, -0.1) is 5.10 Å². The van der Waals surface area contributed by atoms with E-state index in [0.717, 1.165) is 17.7 Å². The lowest BCUT2D eigenvalue weighted by Gasteiger charge is -2.17. The number of nitrogens with zero attached hydrogens (tertiary/aromatic N) is 5. The number of pyridine rings is 1. The Morgan fingerprint density at radius 1 is 1.32 bits per heavy atom. The highest BCUT2D eigenvalue weighted by molar-refractivity contribution is 5.78. The molecule has 3 rings (SSSR count). The van der Waals surface area contributed by atoms with E-state index < -0.39 is 0 Å². The molecule has 8 nitrogen and oxygen atoms in total. The van der Waals surface area contributed by atoms with Crippen LogP contribution in [-0.4, -0.2) is 37.7 Å². The Labute approximate surface area is 144 Å². The number of benzene rings is 1. The average Bonchev–Trinajstić information content (AvgIpc) is 3.20. The molecule has 1 N–H and O–H groups in total. The second-order valence-electron chi connectivity index (χ2n) is 5.36. The van der Waals surface area contributed by atoms with Gasteiger partial charge in [0.05, 0.1) is 11.7 Å². The van der Waals surface area contributed by atoms with Crippen molar-refractivity contribution in [3.63, 3.8) is 0 Å². The first-order valence-corrected chi connectivity index (χ1v) is 7.91. The molecule has 1 atom stereocenters. The van der Waals surface area contributed by atoms with Gasteiger partial charge in [0.15, 0.2) is 6.61 Å². The highest BCUT2D eigenvalue weighted by atomic mass is 16.5. The van der Waals surface area contributed by atoms with Gasteiger partial charge in [-0.05, 0) is 40.6 Å². The standard InChI is InChI=1S/C17H18N6O2/c1-2-16(13-5-4-8-18-10-13)20-17(24)11-25-15-7-3-6-14(9-15)23-12-19-21-22-23/h3-10,12,16H,2,11H2,1H3,(H,20,24)/t16-/m0/s1. The number of hydrogen-bond acceptors (Lipinski definition) is 6. The van der Waals surface area contributed by atoms with E-state index in [9.17, 15) is 4.79 Å². The van der Waals surface area contributed by atoms with Crippen molar-refractivity contribution in [1.82, 2.24) is 30.5 Å². The van der Waals surface area contributed by atoms with Crippen LogP contribution in [0.4, 0.5) is 0 Å². The predicted octanol–water partition coefficient (Wildman–Crippen LogP) is 1.70. The largest absolute Gasteiger partial charge is 0.484 e. The summed E-state index contributed by atoms with van der Waals surface area (Å²) < 4.78 is 7.09. The summed E-state index contributed by atoms with van der Waals surface area (Å²) in [5.74, 6) is 0.376. The molecule has 0 aliphatic carbocycles. The summed E-state index contributed by atoms with van der Waals surface area (Å²) in [4.78, 5) is 16.3. The van der Waals surface area contributed by atoms with Crippen molar-refractivity contribution in [1.29, 1.82) is 0 Å². The zero-order valence-corrected chi connectivity index (χ0v) is 13.7. The second kappa shape index (κ2) is 8.00. The maximum atomic E-state index is 12.2. The topological polar surface area (TPSA) is 94.8 Å². The molecule has 8 heteroatoms. The maximum absolute atomic E-state index is 12.2. The van der Waals surface area contributed by atoms with Crippen LogP contribution in [-0.2, 0) is 4.79 Å². The molecule has 0 saturated carbocycles. The Balaban J connectivity index is 1.58. The molecular formula is C17H18N6O2. The first-order valence-electron chi connectivity index (χ1n) is 7.91. The van der Waals surface area contributed by atoms with Crippen molar-refractivity contribution in [2.75, 3.05) is 6.61 Å². The number of ether oxygens (including phenoxy) is 1. The fourth-order valence-electron chi connectivity index (χ4n) is 2.38. The van der Waals surface area contributed by atoms with Crippen LogP contribution >= 0.6 is 0 Å². The van der Waals surface area contributed by atoms with Crippen LogP contribution in [0.15, 0.2) is 55.1 Å². The normalized spacial score (nSPS) is 11.7. The predicted molar refractivity (Wildman–Crippen MR) is 90.1 cm³/mol. The first kappa shape index (κ1) is 16.6. The van der Waals surface area contributed by atoms with Crippen LogP contribution in [0.25, 0.3) is 5.69 Å². The Bertz CT molecular complexity index is 807. The van der Waals surface area contributed by atoms with Crippen molar-refractivity contribution in [3.05, 3.63) is 60.7 Å². The minimum absolute atomic E-state index is 0.0736. The van der Waals surface area contributed by atoms with Crippen molar-refractivity contribution in [2.24, 2.45) is 0 Å². The van der Waals surface area contributed by atoms with E-state index in [1.807, 2.05) is 31.2 Å². The molecule has 0 fully saturated rings. The minimum atomic E-state index is -0.191. The van der Waals surface area contributed by atoms with E-state index in [1.165, 1.54) is 11.0 Å². The Hall–Kier alpha value is -3.29. The van der Waals surface area contributed by atoms with E-state index in [0.29, 0.717) is 5.75 Å². The summed E-state index contributed by atoms with van der Waals surface area (Å²) in [6.07, 6.45) is 5.72. The quantitative estimate of drug-likeness (QED) is 0.704. The van der Waals surface area contributed by atoms with Gasteiger partial charge in [0.25, 0.3) is 5.91 Å².